The quantitative estimate of drug-likeness (QED) is 0.549. The van der Waals surface area contributed by atoms with Crippen LogP contribution in [0.3, 0.4) is 0 Å². The molecule has 0 aliphatic carbocycles. The molecule has 1 heterocycles. The Morgan fingerprint density at radius 1 is 1.32 bits per heavy atom. The molecule has 2 nitrogen and oxygen atoms in total. The van der Waals surface area contributed by atoms with E-state index in [0.29, 0.717) is 0 Å². The highest BCUT2D eigenvalue weighted by Gasteiger charge is 2.50. The number of hydrogen-bond acceptors (Lipinski definition) is 2. The molecule has 0 amide bonds. The van der Waals surface area contributed by atoms with E-state index in [9.17, 15) is 5.11 Å². The van der Waals surface area contributed by atoms with Crippen molar-refractivity contribution in [2.24, 2.45) is 0 Å². The van der Waals surface area contributed by atoms with Crippen LogP contribution < -0.4 is 0 Å². The molecule has 1 saturated heterocycles. The summed E-state index contributed by atoms with van der Waals surface area (Å²) in [6.07, 6.45) is 4.81. The van der Waals surface area contributed by atoms with Crippen molar-refractivity contribution in [2.75, 3.05) is 6.61 Å². The summed E-state index contributed by atoms with van der Waals surface area (Å²) >= 11 is 2.49. The van der Waals surface area contributed by atoms with E-state index in [2.05, 4.69) is 67.9 Å². The van der Waals surface area contributed by atoms with Crippen LogP contribution in [0.5, 0.6) is 0 Å². The van der Waals surface area contributed by atoms with Crippen molar-refractivity contribution < 1.29 is 9.84 Å². The van der Waals surface area contributed by atoms with Crippen molar-refractivity contribution in [3.8, 4) is 0 Å². The highest BCUT2D eigenvalue weighted by atomic mass is 127. The third kappa shape index (κ3) is 4.15. The summed E-state index contributed by atoms with van der Waals surface area (Å²) in [4.78, 5) is 0. The van der Waals surface area contributed by atoms with Gasteiger partial charge in [0, 0.05) is 6.61 Å². The summed E-state index contributed by atoms with van der Waals surface area (Å²) < 4.78 is 7.67. The first kappa shape index (κ1) is 17.9. The molecule has 1 aliphatic heterocycles. The lowest BCUT2D eigenvalue weighted by Gasteiger charge is -2.49. The van der Waals surface area contributed by atoms with Crippen molar-refractivity contribution in [1.82, 2.24) is 0 Å². The molecular weight excluding hydrogens is 383 g/mol. The molecule has 19 heavy (non-hydrogen) atoms. The monoisotopic (exact) mass is 412 g/mol. The molecule has 0 aromatic carbocycles. The second-order valence-electron chi connectivity index (χ2n) is 7.65. The van der Waals surface area contributed by atoms with Crippen molar-refractivity contribution >= 4 is 38.7 Å². The lowest BCUT2D eigenvalue weighted by atomic mass is 10.0. The van der Waals surface area contributed by atoms with Crippen molar-refractivity contribution in [1.29, 1.82) is 0 Å². The van der Waals surface area contributed by atoms with E-state index in [1.807, 2.05) is 0 Å². The SMILES string of the molecule is C[Si](C)(C)/C(I)=C\C[C@]1([Si](C)(C)C)OCCC[C@H]1O. The van der Waals surface area contributed by atoms with Gasteiger partial charge in [0.05, 0.1) is 27.5 Å². The minimum atomic E-state index is -1.60. The zero-order chi connectivity index (χ0) is 14.9. The second-order valence-corrected chi connectivity index (χ2v) is 20.2. The van der Waals surface area contributed by atoms with Gasteiger partial charge < -0.3 is 9.84 Å². The third-order valence-electron chi connectivity index (χ3n) is 4.09. The molecule has 0 aromatic rings. The summed E-state index contributed by atoms with van der Waals surface area (Å²) in [6, 6.07) is 0. The largest absolute Gasteiger partial charge is 0.390 e. The summed E-state index contributed by atoms with van der Waals surface area (Å²) in [5.41, 5.74) is 0. The van der Waals surface area contributed by atoms with E-state index in [1.54, 1.807) is 0 Å². The van der Waals surface area contributed by atoms with E-state index in [0.717, 1.165) is 25.9 Å². The predicted molar refractivity (Wildman–Crippen MR) is 97.3 cm³/mol. The molecule has 5 heteroatoms. The maximum absolute atomic E-state index is 10.6. The Morgan fingerprint density at radius 2 is 1.89 bits per heavy atom. The van der Waals surface area contributed by atoms with Gasteiger partial charge in [0.25, 0.3) is 0 Å². The van der Waals surface area contributed by atoms with Crippen LogP contribution in [-0.2, 0) is 4.74 Å². The number of halogens is 1. The topological polar surface area (TPSA) is 29.5 Å². The summed E-state index contributed by atoms with van der Waals surface area (Å²) in [7, 11) is -2.83. The van der Waals surface area contributed by atoms with Gasteiger partial charge in [0.15, 0.2) is 0 Å². The van der Waals surface area contributed by atoms with E-state index in [4.69, 9.17) is 4.74 Å². The van der Waals surface area contributed by atoms with Gasteiger partial charge in [0.2, 0.25) is 0 Å². The molecule has 0 unspecified atom stereocenters. The maximum atomic E-state index is 10.6. The molecule has 1 aliphatic rings. The van der Waals surface area contributed by atoms with Gasteiger partial charge in [-0.3, -0.25) is 0 Å². The van der Waals surface area contributed by atoms with Crippen LogP contribution >= 0.6 is 22.6 Å². The standard InChI is InChI=1S/C14H29IO2Si2/c1-18(2,3)13(15)9-10-14(19(4,5)6)12(16)8-7-11-17-14/h9,12,16H,7-8,10-11H2,1-6H3/b13-9-/t12-,14-/m1/s1. The highest BCUT2D eigenvalue weighted by molar-refractivity contribution is 14.1. The molecule has 0 bridgehead atoms. The van der Waals surface area contributed by atoms with Crippen LogP contribution in [0.15, 0.2) is 9.28 Å². The van der Waals surface area contributed by atoms with Crippen molar-refractivity contribution in [3.63, 3.8) is 0 Å². The molecule has 1 fully saturated rings. The fourth-order valence-corrected chi connectivity index (χ4v) is 5.95. The van der Waals surface area contributed by atoms with E-state index < -0.39 is 16.1 Å². The van der Waals surface area contributed by atoms with E-state index in [1.165, 1.54) is 3.20 Å². The third-order valence-corrected chi connectivity index (χ3v) is 14.2. The smallest absolute Gasteiger partial charge is 0.0865 e. The summed E-state index contributed by atoms with van der Waals surface area (Å²) in [5.74, 6) is 0. The molecule has 112 valence electrons. The van der Waals surface area contributed by atoms with Crippen LogP contribution in [0.1, 0.15) is 19.3 Å². The van der Waals surface area contributed by atoms with Gasteiger partial charge in [-0.2, -0.15) is 0 Å². The summed E-state index contributed by atoms with van der Waals surface area (Å²) in [6.45, 7) is 14.9. The van der Waals surface area contributed by atoms with Gasteiger partial charge in [-0.05, 0) is 22.5 Å². The molecule has 0 spiro atoms. The van der Waals surface area contributed by atoms with Crippen LogP contribution in [-0.4, -0.2) is 39.2 Å². The fraction of sp³-hybridized carbons (Fsp3) is 0.857. The molecule has 1 rings (SSSR count). The molecule has 2 atom stereocenters. The first-order valence-electron chi connectivity index (χ1n) is 7.19. The van der Waals surface area contributed by atoms with Crippen LogP contribution in [0.4, 0.5) is 0 Å². The van der Waals surface area contributed by atoms with E-state index in [-0.39, 0.29) is 11.3 Å². The highest BCUT2D eigenvalue weighted by Crippen LogP contribution is 2.38. The van der Waals surface area contributed by atoms with E-state index >= 15 is 0 Å². The average Bonchev–Trinajstić information content (AvgIpc) is 2.24. The van der Waals surface area contributed by atoms with Gasteiger partial charge in [-0.25, -0.2) is 0 Å². The van der Waals surface area contributed by atoms with Crippen LogP contribution in [0.25, 0.3) is 0 Å². The van der Waals surface area contributed by atoms with Crippen molar-refractivity contribution in [3.05, 3.63) is 9.28 Å². The second kappa shape index (κ2) is 6.29. The number of aliphatic hydroxyl groups excluding tert-OH is 1. The Bertz CT molecular complexity index is 344. The minimum absolute atomic E-state index is 0.290. The van der Waals surface area contributed by atoms with Crippen LogP contribution in [0.2, 0.25) is 39.3 Å². The lowest BCUT2D eigenvalue weighted by Crippen LogP contribution is -2.63. The number of ether oxygens (including phenoxy) is 1. The Kier molecular flexibility index (Phi) is 5.92. The number of aliphatic hydroxyl groups is 1. The maximum Gasteiger partial charge on any atom is 0.0865 e. The first-order chi connectivity index (χ1) is 8.51. The van der Waals surface area contributed by atoms with Gasteiger partial charge in [0.1, 0.15) is 0 Å². The Labute approximate surface area is 134 Å². The Hall–Kier alpha value is 0.824. The molecule has 0 aromatic heterocycles. The van der Waals surface area contributed by atoms with Crippen molar-refractivity contribution in [2.45, 2.75) is 69.9 Å². The van der Waals surface area contributed by atoms with Gasteiger partial charge in [-0.1, -0.05) is 67.9 Å². The molecule has 0 radical (unpaired) electrons. The summed E-state index contributed by atoms with van der Waals surface area (Å²) in [5, 5.41) is 10.3. The van der Waals surface area contributed by atoms with Crippen LogP contribution in [0, 0.1) is 0 Å². The normalized spacial score (nSPS) is 30.5. The average molecular weight is 412 g/mol. The molecule has 1 N–H and O–H groups in total. The number of rotatable bonds is 4. The Morgan fingerprint density at radius 3 is 2.32 bits per heavy atom. The fourth-order valence-electron chi connectivity index (χ4n) is 2.63. The molecule has 0 saturated carbocycles. The zero-order valence-corrected chi connectivity index (χ0v) is 17.4. The van der Waals surface area contributed by atoms with Gasteiger partial charge >= 0.3 is 0 Å². The zero-order valence-electron chi connectivity index (χ0n) is 13.2. The lowest BCUT2D eigenvalue weighted by molar-refractivity contribution is -0.107. The van der Waals surface area contributed by atoms with Gasteiger partial charge in [-0.15, -0.1) is 0 Å². The molecular formula is C14H29IO2Si2. The first-order valence-corrected chi connectivity index (χ1v) is 15.3. The predicted octanol–water partition coefficient (Wildman–Crippen LogP) is 4.36. The minimum Gasteiger partial charge on any atom is -0.390 e. The Balaban J connectivity index is 3.01. The number of hydrogen-bond donors (Lipinski definition) is 1.